The van der Waals surface area contributed by atoms with Crippen molar-refractivity contribution in [2.24, 2.45) is 11.8 Å². The van der Waals surface area contributed by atoms with Gasteiger partial charge in [0, 0.05) is 11.9 Å². The van der Waals surface area contributed by atoms with Gasteiger partial charge in [0.1, 0.15) is 0 Å². The van der Waals surface area contributed by atoms with E-state index in [2.05, 4.69) is 37.6 Å². The molecule has 7 heteroatoms. The van der Waals surface area contributed by atoms with E-state index in [0.29, 0.717) is 11.5 Å². The molecule has 0 saturated heterocycles. The van der Waals surface area contributed by atoms with Gasteiger partial charge in [0.2, 0.25) is 0 Å². The van der Waals surface area contributed by atoms with E-state index in [1.165, 1.54) is 51.4 Å². The summed E-state index contributed by atoms with van der Waals surface area (Å²) in [4.78, 5) is 24.8. The van der Waals surface area contributed by atoms with E-state index in [4.69, 9.17) is 0 Å². The molecule has 0 saturated carbocycles. The van der Waals surface area contributed by atoms with Crippen molar-refractivity contribution >= 4 is 56.6 Å². The van der Waals surface area contributed by atoms with Crippen LogP contribution in [-0.2, 0) is 9.59 Å². The van der Waals surface area contributed by atoms with E-state index in [-0.39, 0.29) is 34.0 Å². The Labute approximate surface area is 212 Å². The van der Waals surface area contributed by atoms with Gasteiger partial charge < -0.3 is 19.8 Å². The van der Waals surface area contributed by atoms with E-state index >= 15 is 0 Å². The molecule has 0 aliphatic heterocycles. The first-order chi connectivity index (χ1) is 14.7. The third kappa shape index (κ3) is 48.9. The van der Waals surface area contributed by atoms with E-state index in [1.54, 1.807) is 23.5 Å². The molecule has 0 atom stereocenters. The maximum atomic E-state index is 10.1. The molecule has 0 spiro atoms. The van der Waals surface area contributed by atoms with Crippen LogP contribution in [0.4, 0.5) is 0 Å². The zero-order valence-electron chi connectivity index (χ0n) is 21.0. The van der Waals surface area contributed by atoms with Gasteiger partial charge in [-0.2, -0.15) is 23.5 Å². The maximum absolute atomic E-state index is 10.1. The molecule has 0 unspecified atom stereocenters. The third-order valence-electron chi connectivity index (χ3n) is 4.04. The second-order valence-electron chi connectivity index (χ2n) is 8.46. The van der Waals surface area contributed by atoms with Crippen molar-refractivity contribution in [3.8, 4) is 0 Å². The summed E-state index contributed by atoms with van der Waals surface area (Å²) in [7, 11) is 0. The molecule has 0 aliphatic rings. The Morgan fingerprint density at radius 3 is 1.23 bits per heavy atom. The molecule has 0 aromatic heterocycles. The fraction of sp³-hybridized carbons (Fsp3) is 0.917. The van der Waals surface area contributed by atoms with Gasteiger partial charge in [0.25, 0.3) is 0 Å². The molecular formula is C24H48O4S2Sn. The van der Waals surface area contributed by atoms with Crippen molar-refractivity contribution in [1.82, 2.24) is 0 Å². The van der Waals surface area contributed by atoms with Gasteiger partial charge in [-0.05, 0) is 60.5 Å². The van der Waals surface area contributed by atoms with Crippen LogP contribution < -0.4 is 10.2 Å². The third-order valence-corrected chi connectivity index (χ3v) is 6.18. The number of rotatable bonds is 18. The van der Waals surface area contributed by atoms with E-state index in [9.17, 15) is 19.8 Å². The fourth-order valence-electron chi connectivity index (χ4n) is 2.38. The van der Waals surface area contributed by atoms with Gasteiger partial charge in [-0.15, -0.1) is 0 Å². The van der Waals surface area contributed by atoms with Crippen molar-refractivity contribution in [3.63, 3.8) is 0 Å². The van der Waals surface area contributed by atoms with Crippen molar-refractivity contribution in [1.29, 1.82) is 0 Å². The molecule has 0 radical (unpaired) electrons. The zero-order chi connectivity index (χ0) is 24.3. The second-order valence-corrected chi connectivity index (χ2v) is 13.8. The van der Waals surface area contributed by atoms with Gasteiger partial charge >= 0.3 is 31.0 Å². The van der Waals surface area contributed by atoms with Crippen LogP contribution in [0.1, 0.15) is 91.9 Å². The fourth-order valence-corrected chi connectivity index (χ4v) is 4.23. The Morgan fingerprint density at radius 2 is 0.968 bits per heavy atom. The quantitative estimate of drug-likeness (QED) is 0.168. The number of carbonyl (C=O) groups is 2. The van der Waals surface area contributed by atoms with Gasteiger partial charge in [-0.25, -0.2) is 0 Å². The minimum absolute atomic E-state index is 0.191. The molecule has 0 aromatic rings. The molecule has 0 N–H and O–H groups in total. The zero-order valence-corrected chi connectivity index (χ0v) is 25.5. The van der Waals surface area contributed by atoms with Crippen LogP contribution in [0.3, 0.4) is 0 Å². The summed E-state index contributed by atoms with van der Waals surface area (Å²) in [6.45, 7) is 8.98. The van der Waals surface area contributed by atoms with Gasteiger partial charge in [0.15, 0.2) is 0 Å². The van der Waals surface area contributed by atoms with E-state index in [0.717, 1.165) is 23.3 Å². The number of aliphatic carboxylic acids is 2. The van der Waals surface area contributed by atoms with E-state index in [1.807, 2.05) is 0 Å². The summed E-state index contributed by atoms with van der Waals surface area (Å²) < 4.78 is 0. The minimum atomic E-state index is -0.933. The number of carboxylic acid groups (broad SMARTS) is 2. The van der Waals surface area contributed by atoms with Crippen LogP contribution in [0, 0.1) is 11.8 Å². The topological polar surface area (TPSA) is 80.3 Å². The summed E-state index contributed by atoms with van der Waals surface area (Å²) in [5.74, 6) is 3.33. The molecular weight excluding hydrogens is 535 g/mol. The first-order valence-electron chi connectivity index (χ1n) is 11.8. The van der Waals surface area contributed by atoms with E-state index < -0.39 is 11.9 Å². The molecule has 0 bridgehead atoms. The number of carboxylic acids is 2. The van der Waals surface area contributed by atoms with Gasteiger partial charge in [-0.3, -0.25) is 0 Å². The Kier molecular flexibility index (Phi) is 35.4. The van der Waals surface area contributed by atoms with Crippen molar-refractivity contribution in [3.05, 3.63) is 0 Å². The van der Waals surface area contributed by atoms with Crippen LogP contribution in [0.2, 0.25) is 9.88 Å². The average molecular weight is 583 g/mol. The standard InChI is InChI=1S/2C11H22O2S.2CH3.Sn/c2*1-10(2)6-4-3-5-8-14-9-7-11(12)13;;;/h2*10H,3-9H2,1-2H3,(H,12,13);2*1H3;/q;;;;+2/p-2. The number of hydrogen-bond donors (Lipinski definition) is 0. The number of carbonyl (C=O) groups excluding carboxylic acids is 2. The number of hydrogen-bond acceptors (Lipinski definition) is 6. The van der Waals surface area contributed by atoms with Crippen LogP contribution in [0.15, 0.2) is 0 Å². The molecule has 31 heavy (non-hydrogen) atoms. The SMILES string of the molecule is CC(C)CCCCCSCCC(=O)[O-].CC(C)CCCCCSCCC(=O)[O-].[CH3][Sn+2][CH3]. The molecule has 0 heterocycles. The molecule has 4 nitrogen and oxygen atoms in total. The summed E-state index contributed by atoms with van der Waals surface area (Å²) in [5.41, 5.74) is 0. The van der Waals surface area contributed by atoms with Crippen molar-refractivity contribution in [2.45, 2.75) is 102 Å². The molecule has 0 amide bonds. The summed E-state index contributed by atoms with van der Waals surface area (Å²) in [5, 5.41) is 20.2. The molecule has 0 aliphatic carbocycles. The van der Waals surface area contributed by atoms with Crippen LogP contribution in [0.5, 0.6) is 0 Å². The summed E-state index contributed by atoms with van der Waals surface area (Å²) in [6.07, 6.45) is 10.6. The predicted octanol–water partition coefficient (Wildman–Crippen LogP) is 4.94. The van der Waals surface area contributed by atoms with Crippen molar-refractivity contribution < 1.29 is 19.8 Å². The molecule has 0 rings (SSSR count). The number of thioether (sulfide) groups is 2. The Morgan fingerprint density at radius 1 is 0.645 bits per heavy atom. The van der Waals surface area contributed by atoms with Gasteiger partial charge in [0.05, 0.1) is 0 Å². The van der Waals surface area contributed by atoms with Crippen molar-refractivity contribution in [2.75, 3.05) is 23.0 Å². The second kappa shape index (κ2) is 30.4. The van der Waals surface area contributed by atoms with Crippen LogP contribution >= 0.6 is 23.5 Å². The Balaban J connectivity index is -0.000000448. The Bertz CT molecular complexity index is 347. The summed E-state index contributed by atoms with van der Waals surface area (Å²) >= 11 is 3.67. The predicted molar refractivity (Wildman–Crippen MR) is 138 cm³/mol. The average Bonchev–Trinajstić information content (AvgIpc) is 2.66. The molecule has 0 fully saturated rings. The van der Waals surface area contributed by atoms with Crippen LogP contribution in [-0.4, -0.2) is 56.1 Å². The molecule has 0 aromatic carbocycles. The normalized spacial score (nSPS) is 10.1. The molecule has 184 valence electrons. The Hall–Kier alpha value is 0.439. The first kappa shape index (κ1) is 36.0. The van der Waals surface area contributed by atoms with Gasteiger partial charge in [-0.1, -0.05) is 66.2 Å². The summed E-state index contributed by atoms with van der Waals surface area (Å²) in [6, 6.07) is 0. The monoisotopic (exact) mass is 584 g/mol. The first-order valence-corrected chi connectivity index (χ1v) is 19.8. The van der Waals surface area contributed by atoms with Crippen LogP contribution in [0.25, 0.3) is 0 Å². The number of unbranched alkanes of at least 4 members (excludes halogenated alkanes) is 4.